The molecule has 0 spiro atoms. The second-order valence-corrected chi connectivity index (χ2v) is 38.8. The molecule has 0 bridgehead atoms. The van der Waals surface area contributed by atoms with Crippen LogP contribution >= 0.6 is 0 Å². The van der Waals surface area contributed by atoms with Crippen molar-refractivity contribution in [2.24, 2.45) is 0 Å². The van der Waals surface area contributed by atoms with Gasteiger partial charge in [0.1, 0.15) is 7.11 Å². The lowest BCUT2D eigenvalue weighted by Crippen LogP contribution is -2.88. The van der Waals surface area contributed by atoms with Crippen LogP contribution in [0.25, 0.3) is 0 Å². The monoisotopic (exact) mass is 377 g/mol. The minimum absolute atomic E-state index is 0.0785. The third-order valence-corrected chi connectivity index (χ3v) is 45.3. The van der Waals surface area contributed by atoms with Crippen molar-refractivity contribution in [3.05, 3.63) is 0 Å². The average molecular weight is 378 g/mol. The minimum atomic E-state index is -2.37. The Balaban J connectivity index is 3.43. The van der Waals surface area contributed by atoms with Gasteiger partial charge in [0.15, 0.2) is 8.32 Å². The van der Waals surface area contributed by atoms with Gasteiger partial charge in [0.05, 0.1) is 13.2 Å². The first kappa shape index (κ1) is 20.8. The summed E-state index contributed by atoms with van der Waals surface area (Å²) in [4.78, 5) is 3.89. The summed E-state index contributed by atoms with van der Waals surface area (Å²) in [6.07, 6.45) is 1.13. The van der Waals surface area contributed by atoms with E-state index < -0.39 is 31.3 Å². The highest BCUT2D eigenvalue weighted by molar-refractivity contribution is 7.67. The highest BCUT2D eigenvalue weighted by atomic mass is 29.7. The van der Waals surface area contributed by atoms with Crippen LogP contribution in [0.2, 0.25) is 51.4 Å². The van der Waals surface area contributed by atoms with Crippen molar-refractivity contribution in [3.8, 4) is 0 Å². The lowest BCUT2D eigenvalue weighted by Gasteiger charge is -2.62. The maximum Gasteiger partial charge on any atom is 0.385 e. The highest BCUT2D eigenvalue weighted by Gasteiger charge is 2.70. The highest BCUT2D eigenvalue weighted by Crippen LogP contribution is 2.49. The number of hydrogen-bond donors (Lipinski definition) is 1. The molecule has 0 saturated carbocycles. The summed E-state index contributed by atoms with van der Waals surface area (Å²) < 4.78 is 13.9. The third kappa shape index (κ3) is 3.55. The summed E-state index contributed by atoms with van der Waals surface area (Å²) in [5.41, 5.74) is 0.584. The minimum Gasteiger partial charge on any atom is -0.428 e. The fourth-order valence-electron chi connectivity index (χ4n) is 3.58. The molecule has 0 amide bonds. The molecule has 1 fully saturated rings. The molecule has 1 rings (SSSR count). The Labute approximate surface area is 142 Å². The van der Waals surface area contributed by atoms with Crippen molar-refractivity contribution in [2.45, 2.75) is 91.1 Å². The Morgan fingerprint density at radius 3 is 2.05 bits per heavy atom. The molecule has 0 radical (unpaired) electrons. The normalized spacial score (nSPS) is 33.7. The summed E-state index contributed by atoms with van der Waals surface area (Å²) in [7, 11) is -7.11. The third-order valence-electron chi connectivity index (χ3n) is 6.02. The van der Waals surface area contributed by atoms with Gasteiger partial charge in [-0.05, 0) is 52.0 Å². The van der Waals surface area contributed by atoms with Crippen LogP contribution in [0.1, 0.15) is 34.1 Å². The smallest absolute Gasteiger partial charge is 0.385 e. The standard InChI is InChI=1S/C15H39NO2Si4/c1-12-13-16-22(18-19(5,6)7)17-15(3,4)14(2)20(8,9)21(22,10)11/h14,16H,12-13H2,1-11H3. The zero-order chi connectivity index (χ0) is 17.6. The average Bonchev–Trinajstić information content (AvgIpc) is 2.30. The van der Waals surface area contributed by atoms with Crippen LogP contribution in [0.15, 0.2) is 0 Å². The van der Waals surface area contributed by atoms with Crippen molar-refractivity contribution in [1.29, 1.82) is 0 Å². The maximum atomic E-state index is 6.94. The summed E-state index contributed by atoms with van der Waals surface area (Å²) in [6, 6.07) is 0. The Bertz CT molecular complexity index is 407. The van der Waals surface area contributed by atoms with E-state index in [1.54, 1.807) is 0 Å². The van der Waals surface area contributed by atoms with Crippen molar-refractivity contribution in [2.75, 3.05) is 6.54 Å². The van der Waals surface area contributed by atoms with Gasteiger partial charge in [-0.1, -0.05) is 40.0 Å². The lowest BCUT2D eigenvalue weighted by atomic mass is 10.1. The van der Waals surface area contributed by atoms with Crippen LogP contribution < -0.4 is 4.98 Å². The molecular formula is C15H39NO2Si4. The maximum absolute atomic E-state index is 6.94. The summed E-state index contributed by atoms with van der Waals surface area (Å²) in [6.45, 7) is 27.5. The Morgan fingerprint density at radius 2 is 1.64 bits per heavy atom. The van der Waals surface area contributed by atoms with Gasteiger partial charge in [0, 0.05) is 0 Å². The van der Waals surface area contributed by atoms with Gasteiger partial charge in [-0.3, -0.25) is 4.98 Å². The zero-order valence-corrected chi connectivity index (χ0v) is 20.8. The van der Waals surface area contributed by atoms with Crippen LogP contribution in [-0.4, -0.2) is 43.4 Å². The molecule has 0 aliphatic carbocycles. The molecule has 1 saturated heterocycles. The van der Waals surface area contributed by atoms with Crippen LogP contribution in [0, 0.1) is 0 Å². The van der Waals surface area contributed by atoms with Gasteiger partial charge >= 0.3 is 8.24 Å². The quantitative estimate of drug-likeness (QED) is 0.713. The van der Waals surface area contributed by atoms with Crippen LogP contribution in [0.3, 0.4) is 0 Å². The molecule has 3 nitrogen and oxygen atoms in total. The number of nitrogens with one attached hydrogen (secondary N) is 1. The van der Waals surface area contributed by atoms with Crippen LogP contribution in [-0.2, 0) is 8.54 Å². The van der Waals surface area contributed by atoms with Crippen molar-refractivity contribution < 1.29 is 8.54 Å². The molecule has 1 aliphatic heterocycles. The van der Waals surface area contributed by atoms with Crippen LogP contribution in [0.4, 0.5) is 0 Å². The Morgan fingerprint density at radius 1 is 1.14 bits per heavy atom. The van der Waals surface area contributed by atoms with Crippen molar-refractivity contribution in [1.82, 2.24) is 4.98 Å². The van der Waals surface area contributed by atoms with Crippen molar-refractivity contribution in [3.63, 3.8) is 0 Å². The van der Waals surface area contributed by atoms with Gasteiger partial charge in [-0.25, -0.2) is 0 Å². The summed E-state index contributed by atoms with van der Waals surface area (Å²) >= 11 is 0. The van der Waals surface area contributed by atoms with Crippen molar-refractivity contribution >= 4 is 31.3 Å². The molecule has 2 unspecified atom stereocenters. The largest absolute Gasteiger partial charge is 0.428 e. The van der Waals surface area contributed by atoms with E-state index >= 15 is 0 Å². The Kier molecular flexibility index (Phi) is 5.89. The topological polar surface area (TPSA) is 30.5 Å². The molecule has 0 aromatic carbocycles. The van der Waals surface area contributed by atoms with Gasteiger partial charge in [0.25, 0.3) is 0 Å². The molecule has 7 heteroatoms. The second kappa shape index (κ2) is 6.24. The number of rotatable bonds is 5. The van der Waals surface area contributed by atoms with Gasteiger partial charge in [-0.2, -0.15) is 0 Å². The van der Waals surface area contributed by atoms with E-state index in [1.807, 2.05) is 0 Å². The van der Waals surface area contributed by atoms with E-state index in [4.69, 9.17) is 8.54 Å². The Hall–Kier alpha value is 0.748. The first-order valence-electron chi connectivity index (χ1n) is 8.78. The lowest BCUT2D eigenvalue weighted by molar-refractivity contribution is 0.0633. The fourth-order valence-corrected chi connectivity index (χ4v) is 42.0. The molecule has 22 heavy (non-hydrogen) atoms. The van der Waals surface area contributed by atoms with Crippen LogP contribution in [0.5, 0.6) is 0 Å². The summed E-state index contributed by atoms with van der Waals surface area (Å²) in [5, 5.41) is 0. The van der Waals surface area contributed by atoms with Gasteiger partial charge in [-0.15, -0.1) is 0 Å². The van der Waals surface area contributed by atoms with Gasteiger partial charge in [0.2, 0.25) is 0 Å². The molecule has 0 aromatic rings. The van der Waals surface area contributed by atoms with E-state index in [1.165, 1.54) is 0 Å². The van der Waals surface area contributed by atoms with E-state index in [-0.39, 0.29) is 5.60 Å². The molecule has 1 N–H and O–H groups in total. The predicted octanol–water partition coefficient (Wildman–Crippen LogP) is 4.55. The number of hydrogen-bond acceptors (Lipinski definition) is 3. The SMILES string of the molecule is CCCN[Si]1(O[Si](C)(C)C)OC(C)(C)C(C)[Si](C)(C)[Si]1(C)C. The second-order valence-electron chi connectivity index (χ2n) is 9.53. The molecule has 2 atom stereocenters. The molecular weight excluding hydrogens is 339 g/mol. The predicted molar refractivity (Wildman–Crippen MR) is 108 cm³/mol. The first-order chi connectivity index (χ1) is 9.63. The van der Waals surface area contributed by atoms with E-state index in [9.17, 15) is 0 Å². The van der Waals surface area contributed by atoms with E-state index in [0.29, 0.717) is 5.54 Å². The zero-order valence-electron chi connectivity index (χ0n) is 16.8. The molecule has 0 aromatic heterocycles. The van der Waals surface area contributed by atoms with E-state index in [0.717, 1.165) is 13.0 Å². The molecule has 1 heterocycles. The fraction of sp³-hybridized carbons (Fsp3) is 1.00. The van der Waals surface area contributed by atoms with Gasteiger partial charge < -0.3 is 8.54 Å². The first-order valence-corrected chi connectivity index (χ1v) is 22.1. The molecule has 1 aliphatic rings. The molecule has 132 valence electrons. The van der Waals surface area contributed by atoms with E-state index in [2.05, 4.69) is 78.5 Å². The summed E-state index contributed by atoms with van der Waals surface area (Å²) in [5.74, 6) is 0.